The Morgan fingerprint density at radius 1 is 1.08 bits per heavy atom. The molecule has 0 heterocycles. The van der Waals surface area contributed by atoms with Crippen molar-refractivity contribution in [1.82, 2.24) is 0 Å². The van der Waals surface area contributed by atoms with Gasteiger partial charge in [0.15, 0.2) is 0 Å². The van der Waals surface area contributed by atoms with Crippen molar-refractivity contribution in [3.63, 3.8) is 0 Å². The standard InChI is InChI=1S/C18H22N2O5S/c1-4-11-25-18-8-6-5-7-15(18)20-26(22,23)14-9-10-17(24-3)16(12-14)19-13(2)21/h5-10,12,20H,4,11H2,1-3H3,(H,19,21). The van der Waals surface area contributed by atoms with Gasteiger partial charge in [-0.25, -0.2) is 8.42 Å². The molecule has 2 rings (SSSR count). The molecule has 0 radical (unpaired) electrons. The SMILES string of the molecule is CCCOc1ccccc1NS(=O)(=O)c1ccc(OC)c(NC(C)=O)c1. The van der Waals surface area contributed by atoms with E-state index in [0.717, 1.165) is 6.42 Å². The number of methoxy groups -OCH3 is 1. The second kappa shape index (κ2) is 8.57. The molecular formula is C18H22N2O5S. The van der Waals surface area contributed by atoms with Gasteiger partial charge in [0.2, 0.25) is 5.91 Å². The van der Waals surface area contributed by atoms with Crippen LogP contribution in [0.5, 0.6) is 11.5 Å². The maximum absolute atomic E-state index is 12.7. The molecule has 2 aromatic carbocycles. The van der Waals surface area contributed by atoms with Gasteiger partial charge in [-0.2, -0.15) is 0 Å². The van der Waals surface area contributed by atoms with Gasteiger partial charge in [-0.1, -0.05) is 19.1 Å². The van der Waals surface area contributed by atoms with Gasteiger partial charge in [0.05, 0.1) is 30.0 Å². The van der Waals surface area contributed by atoms with E-state index in [9.17, 15) is 13.2 Å². The third-order valence-electron chi connectivity index (χ3n) is 3.39. The van der Waals surface area contributed by atoms with Gasteiger partial charge in [-0.3, -0.25) is 9.52 Å². The first-order chi connectivity index (χ1) is 12.4. The van der Waals surface area contributed by atoms with Crippen molar-refractivity contribution in [2.24, 2.45) is 0 Å². The molecule has 0 saturated heterocycles. The number of ether oxygens (including phenoxy) is 2. The van der Waals surface area contributed by atoms with Crippen LogP contribution in [0, 0.1) is 0 Å². The third-order valence-corrected chi connectivity index (χ3v) is 4.75. The van der Waals surface area contributed by atoms with Crippen LogP contribution >= 0.6 is 0 Å². The Kier molecular flexibility index (Phi) is 6.46. The van der Waals surface area contributed by atoms with E-state index in [-0.39, 0.29) is 16.5 Å². The van der Waals surface area contributed by atoms with Crippen LogP contribution in [0.4, 0.5) is 11.4 Å². The number of rotatable bonds is 8. The van der Waals surface area contributed by atoms with Crippen molar-refractivity contribution in [3.05, 3.63) is 42.5 Å². The van der Waals surface area contributed by atoms with Crippen LogP contribution in [-0.4, -0.2) is 28.0 Å². The molecule has 0 aromatic heterocycles. The van der Waals surface area contributed by atoms with Crippen molar-refractivity contribution < 1.29 is 22.7 Å². The highest BCUT2D eigenvalue weighted by molar-refractivity contribution is 7.92. The summed E-state index contributed by atoms with van der Waals surface area (Å²) in [5.74, 6) is 0.489. The Morgan fingerprint density at radius 2 is 1.81 bits per heavy atom. The number of nitrogens with one attached hydrogen (secondary N) is 2. The average molecular weight is 378 g/mol. The highest BCUT2D eigenvalue weighted by Crippen LogP contribution is 2.30. The molecule has 0 aliphatic carbocycles. The summed E-state index contributed by atoms with van der Waals surface area (Å²) in [6.07, 6.45) is 0.805. The Labute approximate surface area is 153 Å². The van der Waals surface area contributed by atoms with Crippen LogP contribution in [0.25, 0.3) is 0 Å². The number of para-hydroxylation sites is 2. The number of benzene rings is 2. The molecule has 1 amide bonds. The highest BCUT2D eigenvalue weighted by atomic mass is 32.2. The summed E-state index contributed by atoms with van der Waals surface area (Å²) >= 11 is 0. The van der Waals surface area contributed by atoms with Crippen LogP contribution in [0.15, 0.2) is 47.4 Å². The number of carbonyl (C=O) groups excluding carboxylic acids is 1. The lowest BCUT2D eigenvalue weighted by Crippen LogP contribution is -2.15. The summed E-state index contributed by atoms with van der Waals surface area (Å²) in [6.45, 7) is 3.78. The fourth-order valence-electron chi connectivity index (χ4n) is 2.23. The predicted octanol–water partition coefficient (Wildman–Crippen LogP) is 3.24. The summed E-state index contributed by atoms with van der Waals surface area (Å²) in [4.78, 5) is 11.3. The molecule has 0 aliphatic heterocycles. The second-order valence-corrected chi connectivity index (χ2v) is 7.18. The van der Waals surface area contributed by atoms with Crippen LogP contribution in [0.2, 0.25) is 0 Å². The minimum absolute atomic E-state index is 0.00709. The predicted molar refractivity (Wildman–Crippen MR) is 100 cm³/mol. The molecular weight excluding hydrogens is 356 g/mol. The first-order valence-corrected chi connectivity index (χ1v) is 9.56. The summed E-state index contributed by atoms with van der Waals surface area (Å²) < 4.78 is 38.7. The molecule has 0 unspecified atom stereocenters. The normalized spacial score (nSPS) is 10.9. The van der Waals surface area contributed by atoms with Crippen LogP contribution in [0.3, 0.4) is 0 Å². The molecule has 0 spiro atoms. The van der Waals surface area contributed by atoms with E-state index < -0.39 is 10.0 Å². The minimum atomic E-state index is -3.88. The van der Waals surface area contributed by atoms with Crippen molar-refractivity contribution in [1.29, 1.82) is 0 Å². The molecule has 8 heteroatoms. The van der Waals surface area contributed by atoms with Crippen LogP contribution in [-0.2, 0) is 14.8 Å². The summed E-state index contributed by atoms with van der Waals surface area (Å²) in [5, 5.41) is 2.56. The van der Waals surface area contributed by atoms with Crippen molar-refractivity contribution >= 4 is 27.3 Å². The van der Waals surface area contributed by atoms with Crippen LogP contribution < -0.4 is 19.5 Å². The number of hydrogen-bond donors (Lipinski definition) is 2. The van der Waals surface area contributed by atoms with E-state index in [2.05, 4.69) is 10.0 Å². The monoisotopic (exact) mass is 378 g/mol. The first-order valence-electron chi connectivity index (χ1n) is 8.07. The van der Waals surface area contributed by atoms with Gasteiger partial charge in [0, 0.05) is 6.92 Å². The Hall–Kier alpha value is -2.74. The first kappa shape index (κ1) is 19.6. The molecule has 0 atom stereocenters. The molecule has 26 heavy (non-hydrogen) atoms. The Morgan fingerprint density at radius 3 is 2.46 bits per heavy atom. The van der Waals surface area contributed by atoms with Gasteiger partial charge >= 0.3 is 0 Å². The topological polar surface area (TPSA) is 93.7 Å². The number of anilines is 2. The van der Waals surface area contributed by atoms with E-state index in [4.69, 9.17) is 9.47 Å². The second-order valence-electron chi connectivity index (χ2n) is 5.49. The molecule has 0 fully saturated rings. The maximum Gasteiger partial charge on any atom is 0.262 e. The molecule has 0 bridgehead atoms. The molecule has 140 valence electrons. The lowest BCUT2D eigenvalue weighted by atomic mass is 10.3. The van der Waals surface area contributed by atoms with Crippen molar-refractivity contribution in [3.8, 4) is 11.5 Å². The number of sulfonamides is 1. The molecule has 7 nitrogen and oxygen atoms in total. The smallest absolute Gasteiger partial charge is 0.262 e. The number of carbonyl (C=O) groups is 1. The van der Waals surface area contributed by atoms with E-state index >= 15 is 0 Å². The van der Waals surface area contributed by atoms with Gasteiger partial charge in [0.1, 0.15) is 11.5 Å². The van der Waals surface area contributed by atoms with E-state index in [1.807, 2.05) is 6.92 Å². The molecule has 0 aliphatic rings. The quantitative estimate of drug-likeness (QED) is 0.735. The van der Waals surface area contributed by atoms with E-state index in [0.29, 0.717) is 23.8 Å². The Bertz CT molecular complexity index is 881. The maximum atomic E-state index is 12.7. The van der Waals surface area contributed by atoms with Crippen molar-refractivity contribution in [2.75, 3.05) is 23.8 Å². The highest BCUT2D eigenvalue weighted by Gasteiger charge is 2.19. The third kappa shape index (κ3) is 4.89. The average Bonchev–Trinajstić information content (AvgIpc) is 2.60. The largest absolute Gasteiger partial charge is 0.495 e. The molecule has 2 aromatic rings. The Balaban J connectivity index is 2.35. The van der Waals surface area contributed by atoms with E-state index in [1.54, 1.807) is 24.3 Å². The lowest BCUT2D eigenvalue weighted by molar-refractivity contribution is -0.114. The minimum Gasteiger partial charge on any atom is -0.495 e. The summed E-state index contributed by atoms with van der Waals surface area (Å²) in [5.41, 5.74) is 0.622. The van der Waals surface area contributed by atoms with Crippen molar-refractivity contribution in [2.45, 2.75) is 25.2 Å². The zero-order valence-corrected chi connectivity index (χ0v) is 15.7. The molecule has 0 saturated carbocycles. The lowest BCUT2D eigenvalue weighted by Gasteiger charge is -2.15. The zero-order chi connectivity index (χ0) is 19.2. The van der Waals surface area contributed by atoms with Crippen LogP contribution in [0.1, 0.15) is 20.3 Å². The van der Waals surface area contributed by atoms with Gasteiger partial charge in [-0.15, -0.1) is 0 Å². The number of hydrogen-bond acceptors (Lipinski definition) is 5. The van der Waals surface area contributed by atoms with E-state index in [1.165, 1.54) is 32.2 Å². The van der Waals surface area contributed by atoms with Gasteiger partial charge in [-0.05, 0) is 36.8 Å². The van der Waals surface area contributed by atoms with Gasteiger partial charge < -0.3 is 14.8 Å². The zero-order valence-electron chi connectivity index (χ0n) is 14.9. The molecule has 2 N–H and O–H groups in total. The fraction of sp³-hybridized carbons (Fsp3) is 0.278. The number of amides is 1. The summed E-state index contributed by atoms with van der Waals surface area (Å²) in [6, 6.07) is 11.0. The van der Waals surface area contributed by atoms with Gasteiger partial charge in [0.25, 0.3) is 10.0 Å². The fourth-order valence-corrected chi connectivity index (χ4v) is 3.33. The summed E-state index contributed by atoms with van der Waals surface area (Å²) in [7, 11) is -2.44.